The fraction of sp³-hybridized carbons (Fsp3) is 0.519. The minimum atomic E-state index is -4.53. The molecule has 234 valence electrons. The Bertz CT molecular complexity index is 1420. The van der Waals surface area contributed by atoms with Crippen LogP contribution in [0.5, 0.6) is 0 Å². The number of H-pyrrole nitrogens is 1. The van der Waals surface area contributed by atoms with Crippen LogP contribution >= 0.6 is 7.82 Å². The van der Waals surface area contributed by atoms with Crippen LogP contribution in [0.15, 0.2) is 46.1 Å². The lowest BCUT2D eigenvalue weighted by Crippen LogP contribution is -2.33. The van der Waals surface area contributed by atoms with Gasteiger partial charge in [0, 0.05) is 31.1 Å². The maximum absolute atomic E-state index is 12.6. The van der Waals surface area contributed by atoms with Gasteiger partial charge in [0.15, 0.2) is 0 Å². The van der Waals surface area contributed by atoms with E-state index in [0.717, 1.165) is 10.1 Å². The molecule has 0 radical (unpaired) electrons. The number of phosphoric acid groups is 1. The number of benzene rings is 1. The molecule has 3 N–H and O–H groups in total. The predicted molar refractivity (Wildman–Crippen MR) is 150 cm³/mol. The average Bonchev–Trinajstić information content (AvgIpc) is 3.37. The van der Waals surface area contributed by atoms with E-state index in [1.807, 2.05) is 30.3 Å². The number of aromatic nitrogens is 2. The van der Waals surface area contributed by atoms with E-state index in [1.165, 1.54) is 13.1 Å². The van der Waals surface area contributed by atoms with Gasteiger partial charge in [0.1, 0.15) is 25.0 Å². The van der Waals surface area contributed by atoms with Crippen molar-refractivity contribution in [2.24, 2.45) is 0 Å². The number of aromatic amines is 1. The van der Waals surface area contributed by atoms with Crippen LogP contribution in [0.2, 0.25) is 0 Å². The molecule has 0 saturated carbocycles. The van der Waals surface area contributed by atoms with E-state index in [4.69, 9.17) is 28.5 Å². The summed E-state index contributed by atoms with van der Waals surface area (Å²) in [6, 6.07) is 11.0. The quantitative estimate of drug-likeness (QED) is 0.140. The Morgan fingerprint density at radius 2 is 1.98 bits per heavy atom. The molecule has 1 saturated heterocycles. The first kappa shape index (κ1) is 33.7. The van der Waals surface area contributed by atoms with Crippen molar-refractivity contribution < 1.29 is 42.3 Å². The second-order valence-electron chi connectivity index (χ2n) is 9.68. The van der Waals surface area contributed by atoms with Crippen LogP contribution in [0.25, 0.3) is 0 Å². The van der Waals surface area contributed by atoms with Gasteiger partial charge in [-0.2, -0.15) is 5.26 Å². The summed E-state index contributed by atoms with van der Waals surface area (Å²) in [7, 11) is -4.53. The van der Waals surface area contributed by atoms with Gasteiger partial charge >= 0.3 is 25.6 Å². The van der Waals surface area contributed by atoms with Crippen LogP contribution in [0.1, 0.15) is 55.9 Å². The van der Waals surface area contributed by atoms with Crippen molar-refractivity contribution in [1.29, 1.82) is 5.26 Å². The van der Waals surface area contributed by atoms with E-state index in [0.29, 0.717) is 25.8 Å². The smallest absolute Gasteiger partial charge is 0.459 e. The second-order valence-corrected chi connectivity index (χ2v) is 11.1. The van der Waals surface area contributed by atoms with E-state index in [-0.39, 0.29) is 38.0 Å². The van der Waals surface area contributed by atoms with Crippen LogP contribution in [0.4, 0.5) is 4.79 Å². The van der Waals surface area contributed by atoms with Crippen LogP contribution in [-0.4, -0.2) is 58.5 Å². The average molecular weight is 623 g/mol. The van der Waals surface area contributed by atoms with Gasteiger partial charge in [0.05, 0.1) is 25.7 Å². The molecule has 0 spiro atoms. The van der Waals surface area contributed by atoms with Crippen molar-refractivity contribution >= 4 is 19.9 Å². The molecule has 0 bridgehead atoms. The van der Waals surface area contributed by atoms with Crippen LogP contribution in [0, 0.1) is 18.3 Å². The summed E-state index contributed by atoms with van der Waals surface area (Å²) in [5.74, 6) is -0.558. The summed E-state index contributed by atoms with van der Waals surface area (Å²) in [5, 5.41) is 11.2. The van der Waals surface area contributed by atoms with Gasteiger partial charge in [-0.3, -0.25) is 28.2 Å². The third-order valence-electron chi connectivity index (χ3n) is 6.33. The molecule has 1 amide bonds. The topological polar surface area (TPSA) is 208 Å². The highest BCUT2D eigenvalue weighted by Crippen LogP contribution is 2.44. The molecule has 1 aromatic carbocycles. The molecule has 15 nitrogen and oxygen atoms in total. The number of alkyl carbamates (subject to hydrolysis) is 1. The number of phosphoric ester groups is 1. The molecule has 43 heavy (non-hydrogen) atoms. The number of aryl methyl sites for hydroxylation is 1. The maximum atomic E-state index is 12.6. The molecule has 4 atom stereocenters. The Kier molecular flexibility index (Phi) is 13.1. The minimum Gasteiger partial charge on any atom is -0.459 e. The molecule has 1 aromatic heterocycles. The van der Waals surface area contributed by atoms with Crippen LogP contribution < -0.4 is 16.6 Å². The van der Waals surface area contributed by atoms with Crippen molar-refractivity contribution in [2.75, 3.05) is 19.8 Å². The molecule has 1 aliphatic heterocycles. The molecule has 1 aliphatic rings. The Balaban J connectivity index is 1.47. The molecular formula is C27H35N4O11P. The number of amides is 1. The first-order chi connectivity index (χ1) is 20.6. The molecular weight excluding hydrogens is 587 g/mol. The molecule has 0 aliphatic carbocycles. The number of ether oxygens (including phenoxy) is 3. The van der Waals surface area contributed by atoms with E-state index in [2.05, 4.69) is 10.3 Å². The van der Waals surface area contributed by atoms with E-state index in [1.54, 1.807) is 6.07 Å². The fourth-order valence-corrected chi connectivity index (χ4v) is 4.85. The van der Waals surface area contributed by atoms with Crippen molar-refractivity contribution in [3.63, 3.8) is 0 Å². The predicted octanol–water partition coefficient (Wildman–Crippen LogP) is 2.58. The Hall–Kier alpha value is -3.80. The summed E-state index contributed by atoms with van der Waals surface area (Å²) in [5.41, 5.74) is -0.171. The largest absolute Gasteiger partial charge is 0.472 e. The SMILES string of the molecule is Cc1cn([C@H]2C[C@H](OC(=O)CCCCCNC(=O)OCc3ccccc3)[C@@H](COP(=O)(O)OCCC#N)O2)c(=O)[nH]c1=O. The molecule has 1 unspecified atom stereocenters. The Morgan fingerprint density at radius 1 is 1.21 bits per heavy atom. The van der Waals surface area contributed by atoms with Gasteiger partial charge in [-0.05, 0) is 25.3 Å². The lowest BCUT2D eigenvalue weighted by Gasteiger charge is -2.20. The monoisotopic (exact) mass is 622 g/mol. The maximum Gasteiger partial charge on any atom is 0.472 e. The summed E-state index contributed by atoms with van der Waals surface area (Å²) < 4.78 is 39.5. The number of esters is 1. The Labute approximate surface area is 247 Å². The number of hydrogen-bond donors (Lipinski definition) is 3. The van der Waals surface area contributed by atoms with E-state index < -0.39 is 56.2 Å². The highest BCUT2D eigenvalue weighted by molar-refractivity contribution is 7.47. The van der Waals surface area contributed by atoms with Gasteiger partial charge in [0.25, 0.3) is 5.56 Å². The summed E-state index contributed by atoms with van der Waals surface area (Å²) in [6.07, 6.45) is -0.557. The fourth-order valence-electron chi connectivity index (χ4n) is 4.12. The molecule has 1 fully saturated rings. The molecule has 3 rings (SSSR count). The highest BCUT2D eigenvalue weighted by atomic mass is 31.2. The van der Waals surface area contributed by atoms with Crippen molar-refractivity contribution in [3.8, 4) is 6.07 Å². The number of nitrogens with one attached hydrogen (secondary N) is 2. The normalized spacial score (nSPS) is 19.2. The number of rotatable bonds is 16. The zero-order chi connectivity index (χ0) is 31.2. The lowest BCUT2D eigenvalue weighted by atomic mass is 10.1. The second kappa shape index (κ2) is 16.7. The molecule has 2 heterocycles. The summed E-state index contributed by atoms with van der Waals surface area (Å²) in [4.78, 5) is 60.6. The number of nitrogens with zero attached hydrogens (tertiary/aromatic N) is 2. The number of carbonyl (C=O) groups is 2. The zero-order valence-electron chi connectivity index (χ0n) is 23.6. The molecule has 2 aromatic rings. The first-order valence-corrected chi connectivity index (χ1v) is 15.2. The third-order valence-corrected chi connectivity index (χ3v) is 7.31. The van der Waals surface area contributed by atoms with Crippen molar-refractivity contribution in [1.82, 2.24) is 14.9 Å². The number of hydrogen-bond acceptors (Lipinski definition) is 11. The van der Waals surface area contributed by atoms with Crippen molar-refractivity contribution in [2.45, 2.75) is 70.5 Å². The van der Waals surface area contributed by atoms with Gasteiger partial charge in [-0.15, -0.1) is 0 Å². The number of nitriles is 1. The van der Waals surface area contributed by atoms with E-state index >= 15 is 0 Å². The zero-order valence-corrected chi connectivity index (χ0v) is 24.5. The lowest BCUT2D eigenvalue weighted by molar-refractivity contribution is -0.153. The summed E-state index contributed by atoms with van der Waals surface area (Å²) in [6.45, 7) is 1.19. The van der Waals surface area contributed by atoms with Crippen LogP contribution in [-0.2, 0) is 39.2 Å². The highest BCUT2D eigenvalue weighted by Gasteiger charge is 2.41. The van der Waals surface area contributed by atoms with Crippen LogP contribution in [0.3, 0.4) is 0 Å². The standard InChI is InChI=1S/C27H35N4O11P/c1-19-16-31(26(34)30-25(19)33)23-15-21(22(41-23)18-40-43(36,37)39-14-8-12-28)42-24(32)11-6-3-7-13-29-27(35)38-17-20-9-4-2-5-10-20/h2,4-5,9-10,16,21-23H,3,6-8,11,13-15,17-18H2,1H3,(H,29,35)(H,36,37)(H,30,33,34)/t21-,22+,23+/m0/s1. The minimum absolute atomic E-state index is 0.00515. The third kappa shape index (κ3) is 11.4. The van der Waals surface area contributed by atoms with Gasteiger partial charge < -0.3 is 24.4 Å². The Morgan fingerprint density at radius 3 is 2.72 bits per heavy atom. The van der Waals surface area contributed by atoms with Gasteiger partial charge in [-0.1, -0.05) is 36.8 Å². The van der Waals surface area contributed by atoms with Gasteiger partial charge in [0.2, 0.25) is 0 Å². The molecule has 16 heteroatoms. The van der Waals surface area contributed by atoms with Gasteiger partial charge in [-0.25, -0.2) is 14.2 Å². The number of carbonyl (C=O) groups excluding carboxylic acids is 2. The van der Waals surface area contributed by atoms with E-state index in [9.17, 15) is 28.6 Å². The van der Waals surface area contributed by atoms with Crippen molar-refractivity contribution in [3.05, 3.63) is 68.5 Å². The summed E-state index contributed by atoms with van der Waals surface area (Å²) >= 11 is 0. The first-order valence-electron chi connectivity index (χ1n) is 13.7. The number of unbranched alkanes of at least 4 members (excludes halogenated alkanes) is 2.